The summed E-state index contributed by atoms with van der Waals surface area (Å²) in [5, 5.41) is 10.3. The van der Waals surface area contributed by atoms with Gasteiger partial charge in [0.1, 0.15) is 5.94 Å². The molecule has 0 spiro atoms. The molecule has 45 heavy (non-hydrogen) atoms. The normalized spacial score (nSPS) is 16.2. The summed E-state index contributed by atoms with van der Waals surface area (Å²) in [7, 11) is 5.50. The first-order valence-electron chi connectivity index (χ1n) is 14.6. The number of likely N-dealkylation sites (N-methyl/N-ethyl adjacent to an activating group) is 1. The molecule has 2 aromatic heterocycles. The molecule has 0 radical (unpaired) electrons. The van der Waals surface area contributed by atoms with E-state index in [1.165, 1.54) is 0 Å². The number of imidazole rings is 1. The number of hydrogen-bond donors (Lipinski definition) is 3. The number of halogens is 2. The van der Waals surface area contributed by atoms with Gasteiger partial charge in [0.15, 0.2) is 5.82 Å². The van der Waals surface area contributed by atoms with Crippen LogP contribution in [0.5, 0.6) is 5.88 Å². The van der Waals surface area contributed by atoms with Crippen molar-refractivity contribution in [2.24, 2.45) is 7.05 Å². The Morgan fingerprint density at radius 2 is 1.82 bits per heavy atom. The van der Waals surface area contributed by atoms with Crippen LogP contribution < -0.4 is 20.7 Å². The van der Waals surface area contributed by atoms with Crippen LogP contribution in [-0.2, 0) is 31.4 Å². The quantitative estimate of drug-likeness (QED) is 0.233. The summed E-state index contributed by atoms with van der Waals surface area (Å²) in [5.74, 6) is 2.42. The molecule has 0 unspecified atom stereocenters. The average Bonchev–Trinajstić information content (AvgIpc) is 3.65. The number of carbonyl (C=O) groups is 1. The molecule has 3 N–H and O–H groups in total. The lowest BCUT2D eigenvalue weighted by Gasteiger charge is -2.21. The SMILES string of the molecule is COc1nc(-c2cccc(-c3cccc(NC(=O)c4nc5c(n4C)CCN(C)C5)c3Cl)c2Cl)ccc1CN[C@@H]1CNC(=C=O)C1. The molecule has 6 rings (SSSR count). The molecular weight excluding hydrogens is 613 g/mol. The molecule has 4 aromatic rings. The Morgan fingerprint density at radius 1 is 1.07 bits per heavy atom. The highest BCUT2D eigenvalue weighted by Crippen LogP contribution is 2.41. The molecular formula is C33H33Cl2N7O3. The number of nitrogens with one attached hydrogen (secondary N) is 3. The van der Waals surface area contributed by atoms with Gasteiger partial charge in [-0.2, -0.15) is 0 Å². The number of amides is 1. The van der Waals surface area contributed by atoms with Crippen LogP contribution in [0.1, 0.15) is 34.0 Å². The molecule has 4 heterocycles. The zero-order valence-electron chi connectivity index (χ0n) is 25.2. The van der Waals surface area contributed by atoms with E-state index in [9.17, 15) is 9.59 Å². The Bertz CT molecular complexity index is 1830. The zero-order valence-corrected chi connectivity index (χ0v) is 26.7. The van der Waals surface area contributed by atoms with Crippen LogP contribution in [0.3, 0.4) is 0 Å². The van der Waals surface area contributed by atoms with Gasteiger partial charge in [0.05, 0.1) is 39.9 Å². The number of anilines is 1. The number of nitrogens with zero attached hydrogens (tertiary/aromatic N) is 4. The Morgan fingerprint density at radius 3 is 2.58 bits per heavy atom. The van der Waals surface area contributed by atoms with Crippen LogP contribution >= 0.6 is 23.2 Å². The molecule has 12 heteroatoms. The molecule has 1 atom stereocenters. The van der Waals surface area contributed by atoms with E-state index in [0.29, 0.717) is 81.6 Å². The highest BCUT2D eigenvalue weighted by molar-refractivity contribution is 6.39. The Balaban J connectivity index is 1.24. The predicted octanol–water partition coefficient (Wildman–Crippen LogP) is 4.87. The van der Waals surface area contributed by atoms with E-state index in [-0.39, 0.29) is 11.9 Å². The van der Waals surface area contributed by atoms with Gasteiger partial charge in [-0.1, -0.05) is 59.6 Å². The lowest BCUT2D eigenvalue weighted by atomic mass is 10.00. The number of aromatic nitrogens is 3. The Labute approximate surface area is 271 Å². The predicted molar refractivity (Wildman–Crippen MR) is 175 cm³/mol. The summed E-state index contributed by atoms with van der Waals surface area (Å²) in [6, 6.07) is 15.1. The van der Waals surface area contributed by atoms with Gasteiger partial charge in [-0.25, -0.2) is 14.8 Å². The van der Waals surface area contributed by atoms with Gasteiger partial charge in [0.25, 0.3) is 5.91 Å². The van der Waals surface area contributed by atoms with E-state index < -0.39 is 0 Å². The van der Waals surface area contributed by atoms with Gasteiger partial charge in [-0.3, -0.25) is 4.79 Å². The molecule has 1 fully saturated rings. The highest BCUT2D eigenvalue weighted by Gasteiger charge is 2.25. The third-order valence-electron chi connectivity index (χ3n) is 8.31. The summed E-state index contributed by atoms with van der Waals surface area (Å²) in [5.41, 5.74) is 6.64. The van der Waals surface area contributed by atoms with Crippen molar-refractivity contribution in [3.63, 3.8) is 0 Å². The van der Waals surface area contributed by atoms with E-state index in [1.807, 2.05) is 67.1 Å². The van der Waals surface area contributed by atoms with E-state index in [0.717, 1.165) is 29.9 Å². The van der Waals surface area contributed by atoms with Crippen molar-refractivity contribution in [3.05, 3.63) is 87.0 Å². The molecule has 2 aliphatic rings. The zero-order chi connectivity index (χ0) is 31.7. The maximum atomic E-state index is 13.3. The highest BCUT2D eigenvalue weighted by atomic mass is 35.5. The minimum atomic E-state index is -0.329. The fraction of sp³-hybridized carbons (Fsp3) is 0.303. The molecule has 2 aromatic carbocycles. The fourth-order valence-electron chi connectivity index (χ4n) is 5.86. The molecule has 1 saturated heterocycles. The largest absolute Gasteiger partial charge is 0.481 e. The number of methoxy groups -OCH3 is 1. The molecule has 1 amide bonds. The number of carbonyl (C=O) groups excluding carboxylic acids is 2. The second kappa shape index (κ2) is 13.0. The summed E-state index contributed by atoms with van der Waals surface area (Å²) >= 11 is 13.9. The van der Waals surface area contributed by atoms with Crippen LogP contribution in [0, 0.1) is 0 Å². The number of rotatable bonds is 8. The lowest BCUT2D eigenvalue weighted by Crippen LogP contribution is -2.30. The smallest absolute Gasteiger partial charge is 0.291 e. The summed E-state index contributed by atoms with van der Waals surface area (Å²) < 4.78 is 7.49. The third kappa shape index (κ3) is 6.20. The van der Waals surface area contributed by atoms with Crippen molar-refractivity contribution in [2.45, 2.75) is 32.0 Å². The summed E-state index contributed by atoms with van der Waals surface area (Å²) in [6.45, 7) is 2.82. The summed E-state index contributed by atoms with van der Waals surface area (Å²) in [4.78, 5) is 35.8. The second-order valence-electron chi connectivity index (χ2n) is 11.3. The molecule has 10 nitrogen and oxygen atoms in total. The molecule has 0 aliphatic carbocycles. The van der Waals surface area contributed by atoms with Crippen molar-refractivity contribution < 1.29 is 14.3 Å². The van der Waals surface area contributed by atoms with Crippen LogP contribution in [-0.4, -0.2) is 64.6 Å². The Hall–Kier alpha value is -4.18. The Kier molecular flexibility index (Phi) is 8.94. The number of pyridine rings is 1. The van der Waals surface area contributed by atoms with Crippen molar-refractivity contribution in [1.29, 1.82) is 0 Å². The molecule has 0 bridgehead atoms. The number of ether oxygens (including phenoxy) is 1. The van der Waals surface area contributed by atoms with Gasteiger partial charge in [0, 0.05) is 80.1 Å². The second-order valence-corrected chi connectivity index (χ2v) is 12.0. The van der Waals surface area contributed by atoms with Crippen molar-refractivity contribution in [2.75, 3.05) is 32.6 Å². The van der Waals surface area contributed by atoms with Crippen LogP contribution in [0.25, 0.3) is 22.4 Å². The topological polar surface area (TPSA) is 113 Å². The monoisotopic (exact) mass is 645 g/mol. The summed E-state index contributed by atoms with van der Waals surface area (Å²) in [6.07, 6.45) is 1.45. The van der Waals surface area contributed by atoms with E-state index >= 15 is 0 Å². The van der Waals surface area contributed by atoms with Crippen LogP contribution in [0.2, 0.25) is 10.0 Å². The third-order valence-corrected chi connectivity index (χ3v) is 9.13. The van der Waals surface area contributed by atoms with E-state index in [4.69, 9.17) is 32.9 Å². The van der Waals surface area contributed by atoms with Crippen LogP contribution in [0.15, 0.2) is 54.2 Å². The number of benzene rings is 2. The average molecular weight is 647 g/mol. The molecule has 232 valence electrons. The van der Waals surface area contributed by atoms with Gasteiger partial charge in [0.2, 0.25) is 5.88 Å². The fourth-order valence-corrected chi connectivity index (χ4v) is 6.46. The van der Waals surface area contributed by atoms with Crippen molar-refractivity contribution in [3.8, 4) is 28.3 Å². The van der Waals surface area contributed by atoms with Crippen molar-refractivity contribution in [1.82, 2.24) is 30.1 Å². The minimum Gasteiger partial charge on any atom is -0.481 e. The van der Waals surface area contributed by atoms with E-state index in [1.54, 1.807) is 13.2 Å². The first-order chi connectivity index (χ1) is 21.8. The first-order valence-corrected chi connectivity index (χ1v) is 15.4. The van der Waals surface area contributed by atoms with Gasteiger partial charge in [-0.15, -0.1) is 0 Å². The maximum Gasteiger partial charge on any atom is 0.291 e. The van der Waals surface area contributed by atoms with Gasteiger partial charge in [-0.05, 0) is 19.2 Å². The van der Waals surface area contributed by atoms with Crippen molar-refractivity contribution >= 4 is 40.7 Å². The van der Waals surface area contributed by atoms with Gasteiger partial charge >= 0.3 is 0 Å². The van der Waals surface area contributed by atoms with E-state index in [2.05, 4.69) is 25.8 Å². The minimum absolute atomic E-state index is 0.123. The standard InChI is InChI=1S/C33H33Cl2N7O3/c1-41-13-12-28-27(17-41)38-31(42(28)2)32(44)39-26-9-5-7-23(30(26)35)22-6-4-8-24(29(22)34)25-11-10-19(33(40-25)45-3)15-36-20-14-21(18-43)37-16-20/h4-11,20,36-37H,12-17H2,1-3H3,(H,39,44)/t20-/m0/s1. The number of fused-ring (bicyclic) bond motifs is 1. The lowest BCUT2D eigenvalue weighted by molar-refractivity contribution is 0.101. The van der Waals surface area contributed by atoms with Gasteiger partial charge < -0.3 is 30.2 Å². The molecule has 0 saturated carbocycles. The molecule has 2 aliphatic heterocycles. The maximum absolute atomic E-state index is 13.3. The number of hydrogen-bond acceptors (Lipinski definition) is 8. The van der Waals surface area contributed by atoms with Crippen LogP contribution in [0.4, 0.5) is 5.69 Å². The first kappa shape index (κ1) is 30.8.